The maximum Gasteiger partial charge on any atom is 0.305 e. The van der Waals surface area contributed by atoms with E-state index in [4.69, 9.17) is 16.7 Å². The number of benzene rings is 1. The number of allylic oxidation sites excluding steroid dienone is 1. The molecular formula is C14H15ClFNO3. The molecule has 0 fully saturated rings. The van der Waals surface area contributed by atoms with Gasteiger partial charge < -0.3 is 10.4 Å². The van der Waals surface area contributed by atoms with Crippen LogP contribution in [-0.2, 0) is 9.59 Å². The molecular weight excluding hydrogens is 285 g/mol. The van der Waals surface area contributed by atoms with E-state index < -0.39 is 23.7 Å². The van der Waals surface area contributed by atoms with Gasteiger partial charge in [0.2, 0.25) is 5.91 Å². The standard InChI is InChI=1S/C14H15ClFNO3/c1-3-8(2)14(20)17-12(7-13(18)19)9-4-5-10(15)11(16)6-9/h3-6,12H,7H2,1-2H3,(H,17,20)(H,18,19)/b8-3+/t12-/m0/s1. The Bertz CT molecular complexity index is 557. The second-order valence-corrected chi connectivity index (χ2v) is 4.68. The maximum absolute atomic E-state index is 13.4. The molecule has 2 N–H and O–H groups in total. The summed E-state index contributed by atoms with van der Waals surface area (Å²) in [6.45, 7) is 3.30. The lowest BCUT2D eigenvalue weighted by Crippen LogP contribution is -2.30. The SMILES string of the molecule is C/C=C(\C)C(=O)N[C@@H](CC(=O)O)c1ccc(Cl)c(F)c1. The van der Waals surface area contributed by atoms with Crippen LogP contribution >= 0.6 is 11.6 Å². The fraction of sp³-hybridized carbons (Fsp3) is 0.286. The van der Waals surface area contributed by atoms with Gasteiger partial charge in [-0.3, -0.25) is 9.59 Å². The van der Waals surface area contributed by atoms with E-state index in [1.165, 1.54) is 12.1 Å². The summed E-state index contributed by atoms with van der Waals surface area (Å²) in [7, 11) is 0. The van der Waals surface area contributed by atoms with Crippen LogP contribution in [0.5, 0.6) is 0 Å². The van der Waals surface area contributed by atoms with E-state index in [2.05, 4.69) is 5.32 Å². The summed E-state index contributed by atoms with van der Waals surface area (Å²) in [5.74, 6) is -2.14. The molecule has 4 nitrogen and oxygen atoms in total. The molecule has 1 aromatic rings. The van der Waals surface area contributed by atoms with Gasteiger partial charge in [-0.1, -0.05) is 23.7 Å². The number of carboxylic acid groups (broad SMARTS) is 1. The second kappa shape index (κ2) is 7.05. The van der Waals surface area contributed by atoms with Crippen molar-refractivity contribution < 1.29 is 19.1 Å². The average Bonchev–Trinajstić information content (AvgIpc) is 2.39. The Labute approximate surface area is 121 Å². The Kier molecular flexibility index (Phi) is 5.70. The molecule has 0 aliphatic heterocycles. The van der Waals surface area contributed by atoms with Gasteiger partial charge in [-0.25, -0.2) is 4.39 Å². The van der Waals surface area contributed by atoms with Gasteiger partial charge in [-0.05, 0) is 31.5 Å². The summed E-state index contributed by atoms with van der Waals surface area (Å²) in [6.07, 6.45) is 1.26. The molecule has 0 saturated carbocycles. The van der Waals surface area contributed by atoms with Crippen molar-refractivity contribution in [1.29, 1.82) is 0 Å². The number of hydrogen-bond donors (Lipinski definition) is 2. The van der Waals surface area contributed by atoms with Gasteiger partial charge in [0.1, 0.15) is 5.82 Å². The molecule has 0 heterocycles. The molecule has 1 rings (SSSR count). The summed E-state index contributed by atoms with van der Waals surface area (Å²) in [4.78, 5) is 22.7. The van der Waals surface area contributed by atoms with Crippen molar-refractivity contribution in [2.24, 2.45) is 0 Å². The predicted octanol–water partition coefficient (Wildman–Crippen LogP) is 3.08. The minimum absolute atomic E-state index is 0.0567. The first-order chi connectivity index (χ1) is 9.35. The van der Waals surface area contributed by atoms with Crippen LogP contribution in [0.3, 0.4) is 0 Å². The summed E-state index contributed by atoms with van der Waals surface area (Å²) < 4.78 is 13.4. The fourth-order valence-electron chi connectivity index (χ4n) is 1.56. The topological polar surface area (TPSA) is 66.4 Å². The molecule has 1 aromatic carbocycles. The van der Waals surface area contributed by atoms with E-state index in [0.717, 1.165) is 6.07 Å². The zero-order valence-electron chi connectivity index (χ0n) is 11.1. The molecule has 0 radical (unpaired) electrons. The number of aliphatic carboxylic acids is 1. The third-order valence-electron chi connectivity index (χ3n) is 2.82. The number of rotatable bonds is 5. The van der Waals surface area contributed by atoms with Crippen LogP contribution in [0, 0.1) is 5.82 Å². The minimum Gasteiger partial charge on any atom is -0.481 e. The quantitative estimate of drug-likeness (QED) is 0.821. The minimum atomic E-state index is -1.09. The Morgan fingerprint density at radius 1 is 1.50 bits per heavy atom. The van der Waals surface area contributed by atoms with Crippen molar-refractivity contribution in [3.8, 4) is 0 Å². The number of hydrogen-bond acceptors (Lipinski definition) is 2. The van der Waals surface area contributed by atoms with Crippen molar-refractivity contribution in [2.75, 3.05) is 0 Å². The number of amides is 1. The normalized spacial score (nSPS) is 12.9. The zero-order valence-corrected chi connectivity index (χ0v) is 11.9. The monoisotopic (exact) mass is 299 g/mol. The second-order valence-electron chi connectivity index (χ2n) is 4.27. The van der Waals surface area contributed by atoms with E-state index in [9.17, 15) is 14.0 Å². The number of carboxylic acids is 1. The molecule has 0 spiro atoms. The summed E-state index contributed by atoms with van der Waals surface area (Å²) in [5, 5.41) is 11.4. The smallest absolute Gasteiger partial charge is 0.305 e. The van der Waals surface area contributed by atoms with E-state index >= 15 is 0 Å². The number of halogens is 2. The van der Waals surface area contributed by atoms with E-state index in [1.807, 2.05) is 0 Å². The molecule has 0 aliphatic rings. The van der Waals surface area contributed by atoms with Crippen molar-refractivity contribution in [3.05, 3.63) is 46.3 Å². The largest absolute Gasteiger partial charge is 0.481 e. The molecule has 0 aliphatic carbocycles. The molecule has 0 saturated heterocycles. The highest BCUT2D eigenvalue weighted by molar-refractivity contribution is 6.30. The van der Waals surface area contributed by atoms with Gasteiger partial charge in [-0.2, -0.15) is 0 Å². The van der Waals surface area contributed by atoms with E-state index in [1.54, 1.807) is 19.9 Å². The van der Waals surface area contributed by atoms with Crippen LogP contribution in [0.25, 0.3) is 0 Å². The van der Waals surface area contributed by atoms with Crippen molar-refractivity contribution in [2.45, 2.75) is 26.3 Å². The molecule has 0 bridgehead atoms. The third kappa shape index (κ3) is 4.35. The zero-order chi connectivity index (χ0) is 15.3. The first-order valence-corrected chi connectivity index (χ1v) is 6.33. The molecule has 108 valence electrons. The Balaban J connectivity index is 3.02. The lowest BCUT2D eigenvalue weighted by molar-refractivity contribution is -0.137. The van der Waals surface area contributed by atoms with E-state index in [0.29, 0.717) is 11.1 Å². The van der Waals surface area contributed by atoms with Gasteiger partial charge >= 0.3 is 5.97 Å². The molecule has 20 heavy (non-hydrogen) atoms. The van der Waals surface area contributed by atoms with Crippen LogP contribution < -0.4 is 5.32 Å². The summed E-state index contributed by atoms with van der Waals surface area (Å²) in [6, 6.07) is 3.13. The van der Waals surface area contributed by atoms with Crippen molar-refractivity contribution in [1.82, 2.24) is 5.32 Å². The maximum atomic E-state index is 13.4. The van der Waals surface area contributed by atoms with Crippen molar-refractivity contribution in [3.63, 3.8) is 0 Å². The van der Waals surface area contributed by atoms with Crippen LogP contribution in [-0.4, -0.2) is 17.0 Å². The Morgan fingerprint density at radius 2 is 2.15 bits per heavy atom. The molecule has 1 atom stereocenters. The number of nitrogens with one attached hydrogen (secondary N) is 1. The molecule has 0 unspecified atom stereocenters. The highest BCUT2D eigenvalue weighted by atomic mass is 35.5. The number of carbonyl (C=O) groups excluding carboxylic acids is 1. The van der Waals surface area contributed by atoms with Gasteiger partial charge in [0.05, 0.1) is 17.5 Å². The van der Waals surface area contributed by atoms with Gasteiger partial charge in [0, 0.05) is 5.57 Å². The predicted molar refractivity (Wildman–Crippen MR) is 74.0 cm³/mol. The fourth-order valence-corrected chi connectivity index (χ4v) is 1.68. The third-order valence-corrected chi connectivity index (χ3v) is 3.13. The van der Waals surface area contributed by atoms with Gasteiger partial charge in [0.15, 0.2) is 0 Å². The molecule has 0 aromatic heterocycles. The lowest BCUT2D eigenvalue weighted by atomic mass is 10.0. The van der Waals surface area contributed by atoms with Crippen LogP contribution in [0.2, 0.25) is 5.02 Å². The highest BCUT2D eigenvalue weighted by Crippen LogP contribution is 2.22. The average molecular weight is 300 g/mol. The van der Waals surface area contributed by atoms with Crippen LogP contribution in [0.4, 0.5) is 4.39 Å². The van der Waals surface area contributed by atoms with E-state index in [-0.39, 0.29) is 11.4 Å². The lowest BCUT2D eigenvalue weighted by Gasteiger charge is -2.18. The summed E-state index contributed by atoms with van der Waals surface area (Å²) in [5.41, 5.74) is 0.807. The van der Waals surface area contributed by atoms with Crippen LogP contribution in [0.1, 0.15) is 31.9 Å². The first-order valence-electron chi connectivity index (χ1n) is 5.95. The van der Waals surface area contributed by atoms with Gasteiger partial charge in [-0.15, -0.1) is 0 Å². The first kappa shape index (κ1) is 16.2. The Hall–Kier alpha value is -1.88. The molecule has 6 heteroatoms. The highest BCUT2D eigenvalue weighted by Gasteiger charge is 2.19. The number of carbonyl (C=O) groups is 2. The summed E-state index contributed by atoms with van der Waals surface area (Å²) >= 11 is 5.58. The Morgan fingerprint density at radius 3 is 2.65 bits per heavy atom. The molecule has 1 amide bonds. The van der Waals surface area contributed by atoms with Crippen LogP contribution in [0.15, 0.2) is 29.8 Å². The van der Waals surface area contributed by atoms with Crippen molar-refractivity contribution >= 4 is 23.5 Å². The van der Waals surface area contributed by atoms with Gasteiger partial charge in [0.25, 0.3) is 0 Å².